The lowest BCUT2D eigenvalue weighted by molar-refractivity contribution is -0.145. The molecule has 1 fully saturated rings. The van der Waals surface area contributed by atoms with Crippen LogP contribution in [-0.4, -0.2) is 25.7 Å². The number of nitrogens with one attached hydrogen (secondary N) is 1. The van der Waals surface area contributed by atoms with Gasteiger partial charge in [-0.1, -0.05) is 30.3 Å². The summed E-state index contributed by atoms with van der Waals surface area (Å²) in [6.45, 7) is 4.25. The molecule has 3 nitrogen and oxygen atoms in total. The molecule has 1 heterocycles. The smallest absolute Gasteiger partial charge is 0.306 e. The van der Waals surface area contributed by atoms with Crippen molar-refractivity contribution >= 4 is 5.97 Å². The lowest BCUT2D eigenvalue weighted by Gasteiger charge is -2.37. The number of benzene rings is 1. The standard InChI is InChI=1S/C15H21NO2/c1-2-18-14(17)12-15(8-10-16-11-9-15)13-6-4-3-5-7-13/h3-7,16H,2,8-12H2,1H3. The SMILES string of the molecule is CCOC(=O)CC1(c2ccccc2)CCNCC1. The highest BCUT2D eigenvalue weighted by Gasteiger charge is 2.36. The van der Waals surface area contributed by atoms with Gasteiger partial charge in [-0.05, 0) is 38.4 Å². The van der Waals surface area contributed by atoms with Crippen LogP contribution in [0.25, 0.3) is 0 Å². The number of hydrogen-bond donors (Lipinski definition) is 1. The normalized spacial score (nSPS) is 18.3. The van der Waals surface area contributed by atoms with Crippen LogP contribution in [0.15, 0.2) is 30.3 Å². The van der Waals surface area contributed by atoms with E-state index in [1.54, 1.807) is 0 Å². The van der Waals surface area contributed by atoms with E-state index >= 15 is 0 Å². The third-order valence-corrected chi connectivity index (χ3v) is 3.73. The summed E-state index contributed by atoms with van der Waals surface area (Å²) in [5.41, 5.74) is 1.22. The Labute approximate surface area is 109 Å². The zero-order valence-electron chi connectivity index (χ0n) is 10.9. The minimum atomic E-state index is -0.0803. The van der Waals surface area contributed by atoms with E-state index < -0.39 is 0 Å². The molecule has 0 aromatic heterocycles. The number of ether oxygens (including phenoxy) is 1. The molecule has 1 aromatic carbocycles. The van der Waals surface area contributed by atoms with Crippen molar-refractivity contribution in [2.45, 2.75) is 31.6 Å². The predicted molar refractivity (Wildman–Crippen MR) is 71.5 cm³/mol. The molecular weight excluding hydrogens is 226 g/mol. The highest BCUT2D eigenvalue weighted by molar-refractivity contribution is 5.71. The Bertz CT molecular complexity index is 383. The molecule has 0 amide bonds. The average Bonchev–Trinajstić information content (AvgIpc) is 2.41. The van der Waals surface area contributed by atoms with Gasteiger partial charge in [-0.25, -0.2) is 0 Å². The number of carbonyl (C=O) groups excluding carboxylic acids is 1. The largest absolute Gasteiger partial charge is 0.466 e. The van der Waals surface area contributed by atoms with Gasteiger partial charge < -0.3 is 10.1 Å². The second-order valence-corrected chi connectivity index (χ2v) is 4.88. The molecule has 0 radical (unpaired) electrons. The van der Waals surface area contributed by atoms with Crippen LogP contribution in [0, 0.1) is 0 Å². The van der Waals surface area contributed by atoms with Crippen LogP contribution in [0.5, 0.6) is 0 Å². The Morgan fingerprint density at radius 1 is 1.28 bits per heavy atom. The fraction of sp³-hybridized carbons (Fsp3) is 0.533. The fourth-order valence-corrected chi connectivity index (χ4v) is 2.75. The zero-order valence-corrected chi connectivity index (χ0v) is 10.9. The topological polar surface area (TPSA) is 38.3 Å². The van der Waals surface area contributed by atoms with Crippen molar-refractivity contribution in [1.29, 1.82) is 0 Å². The van der Waals surface area contributed by atoms with Crippen molar-refractivity contribution < 1.29 is 9.53 Å². The van der Waals surface area contributed by atoms with Gasteiger partial charge in [0.1, 0.15) is 0 Å². The highest BCUT2D eigenvalue weighted by atomic mass is 16.5. The van der Waals surface area contributed by atoms with Crippen molar-refractivity contribution in [2.24, 2.45) is 0 Å². The maximum atomic E-state index is 11.8. The fourth-order valence-electron chi connectivity index (χ4n) is 2.75. The molecule has 0 unspecified atom stereocenters. The van der Waals surface area contributed by atoms with Crippen LogP contribution in [-0.2, 0) is 14.9 Å². The van der Waals surface area contributed by atoms with Gasteiger partial charge in [0.25, 0.3) is 0 Å². The predicted octanol–water partition coefficient (Wildman–Crippen LogP) is 2.26. The first-order valence-electron chi connectivity index (χ1n) is 6.69. The van der Waals surface area contributed by atoms with E-state index in [0.29, 0.717) is 13.0 Å². The Balaban J connectivity index is 2.20. The van der Waals surface area contributed by atoms with Crippen molar-refractivity contribution in [3.63, 3.8) is 0 Å². The van der Waals surface area contributed by atoms with E-state index in [0.717, 1.165) is 25.9 Å². The highest BCUT2D eigenvalue weighted by Crippen LogP contribution is 2.37. The molecule has 1 aliphatic rings. The van der Waals surface area contributed by atoms with E-state index in [-0.39, 0.29) is 11.4 Å². The maximum Gasteiger partial charge on any atom is 0.306 e. The van der Waals surface area contributed by atoms with Gasteiger partial charge in [-0.15, -0.1) is 0 Å². The average molecular weight is 247 g/mol. The lowest BCUT2D eigenvalue weighted by atomic mass is 9.71. The number of esters is 1. The molecule has 0 aliphatic carbocycles. The first kappa shape index (κ1) is 13.1. The molecule has 0 bridgehead atoms. The second-order valence-electron chi connectivity index (χ2n) is 4.88. The number of piperidine rings is 1. The third kappa shape index (κ3) is 2.91. The second kappa shape index (κ2) is 6.01. The van der Waals surface area contributed by atoms with E-state index in [1.165, 1.54) is 5.56 Å². The van der Waals surface area contributed by atoms with Gasteiger partial charge in [0.15, 0.2) is 0 Å². The minimum Gasteiger partial charge on any atom is -0.466 e. The van der Waals surface area contributed by atoms with Crippen LogP contribution in [0.2, 0.25) is 0 Å². The number of rotatable bonds is 4. The summed E-state index contributed by atoms with van der Waals surface area (Å²) >= 11 is 0. The summed E-state index contributed by atoms with van der Waals surface area (Å²) in [6.07, 6.45) is 2.48. The summed E-state index contributed by atoms with van der Waals surface area (Å²) in [4.78, 5) is 11.8. The van der Waals surface area contributed by atoms with Crippen molar-refractivity contribution in [2.75, 3.05) is 19.7 Å². The monoisotopic (exact) mass is 247 g/mol. The summed E-state index contributed by atoms with van der Waals surface area (Å²) < 4.78 is 5.13. The lowest BCUT2D eigenvalue weighted by Crippen LogP contribution is -2.41. The van der Waals surface area contributed by atoms with Crippen LogP contribution in [0.4, 0.5) is 0 Å². The first-order chi connectivity index (χ1) is 8.77. The van der Waals surface area contributed by atoms with E-state index in [9.17, 15) is 4.79 Å². The number of hydrogen-bond acceptors (Lipinski definition) is 3. The summed E-state index contributed by atoms with van der Waals surface area (Å²) in [5, 5.41) is 3.36. The molecule has 18 heavy (non-hydrogen) atoms. The first-order valence-corrected chi connectivity index (χ1v) is 6.69. The molecule has 0 atom stereocenters. The molecule has 1 N–H and O–H groups in total. The Morgan fingerprint density at radius 2 is 1.94 bits per heavy atom. The Hall–Kier alpha value is -1.35. The van der Waals surface area contributed by atoms with Gasteiger partial charge in [0.05, 0.1) is 13.0 Å². The molecule has 0 spiro atoms. The Kier molecular flexibility index (Phi) is 4.37. The van der Waals surface area contributed by atoms with Gasteiger partial charge in [0, 0.05) is 5.41 Å². The number of carbonyl (C=O) groups is 1. The molecule has 98 valence electrons. The summed E-state index contributed by atoms with van der Waals surface area (Å²) in [6, 6.07) is 10.4. The van der Waals surface area contributed by atoms with Gasteiger partial charge in [-0.3, -0.25) is 4.79 Å². The molecular formula is C15H21NO2. The van der Waals surface area contributed by atoms with Crippen molar-refractivity contribution in [3.8, 4) is 0 Å². The van der Waals surface area contributed by atoms with Crippen molar-refractivity contribution in [3.05, 3.63) is 35.9 Å². The van der Waals surface area contributed by atoms with E-state index in [2.05, 4.69) is 17.4 Å². The van der Waals surface area contributed by atoms with Gasteiger partial charge >= 0.3 is 5.97 Å². The summed E-state index contributed by atoms with van der Waals surface area (Å²) in [7, 11) is 0. The molecule has 2 rings (SSSR count). The molecule has 1 aromatic rings. The molecule has 1 aliphatic heterocycles. The van der Waals surface area contributed by atoms with E-state index in [4.69, 9.17) is 4.74 Å². The van der Waals surface area contributed by atoms with Crippen LogP contribution >= 0.6 is 0 Å². The summed E-state index contributed by atoms with van der Waals surface area (Å²) in [5.74, 6) is -0.0803. The van der Waals surface area contributed by atoms with Crippen LogP contribution in [0.3, 0.4) is 0 Å². The van der Waals surface area contributed by atoms with Gasteiger partial charge in [0.2, 0.25) is 0 Å². The Morgan fingerprint density at radius 3 is 2.56 bits per heavy atom. The van der Waals surface area contributed by atoms with Crippen LogP contribution < -0.4 is 5.32 Å². The maximum absolute atomic E-state index is 11.8. The van der Waals surface area contributed by atoms with E-state index in [1.807, 2.05) is 25.1 Å². The minimum absolute atomic E-state index is 0.0429. The quantitative estimate of drug-likeness (QED) is 0.829. The van der Waals surface area contributed by atoms with Crippen molar-refractivity contribution in [1.82, 2.24) is 5.32 Å². The molecule has 3 heteroatoms. The zero-order chi connectivity index (χ0) is 12.8. The van der Waals surface area contributed by atoms with Crippen LogP contribution in [0.1, 0.15) is 31.7 Å². The third-order valence-electron chi connectivity index (χ3n) is 3.73. The molecule has 0 saturated carbocycles. The molecule has 1 saturated heterocycles. The van der Waals surface area contributed by atoms with Gasteiger partial charge in [-0.2, -0.15) is 0 Å².